The lowest BCUT2D eigenvalue weighted by molar-refractivity contribution is 0.669. The highest BCUT2D eigenvalue weighted by atomic mass is 15.2. The molecule has 2 rings (SSSR count). The van der Waals surface area contributed by atoms with Gasteiger partial charge in [0.15, 0.2) is 0 Å². The molecule has 0 aliphatic rings. The van der Waals surface area contributed by atoms with Gasteiger partial charge in [-0.1, -0.05) is 37.3 Å². The zero-order chi connectivity index (χ0) is 15.2. The van der Waals surface area contributed by atoms with Crippen LogP contribution in [-0.2, 0) is 19.5 Å². The maximum absolute atomic E-state index is 5.82. The average molecular weight is 283 g/mol. The van der Waals surface area contributed by atoms with E-state index in [0.29, 0.717) is 12.6 Å². The van der Waals surface area contributed by atoms with E-state index >= 15 is 0 Å². The molecule has 0 bridgehead atoms. The van der Waals surface area contributed by atoms with E-state index in [0.717, 1.165) is 30.0 Å². The average Bonchev–Trinajstić information content (AvgIpc) is 2.52. The normalized spacial score (nSPS) is 10.9. The van der Waals surface area contributed by atoms with Gasteiger partial charge in [0, 0.05) is 24.8 Å². The summed E-state index contributed by atoms with van der Waals surface area (Å²) in [5.41, 5.74) is 9.37. The van der Waals surface area contributed by atoms with Gasteiger partial charge < -0.3 is 10.6 Å². The molecule has 1 aromatic heterocycles. The zero-order valence-electron chi connectivity index (χ0n) is 13.2. The second kappa shape index (κ2) is 7.23. The SMILES string of the molecule is CCc1cc(CN)cc(N(Cc2ccccc2)C(C)C)n1. The summed E-state index contributed by atoms with van der Waals surface area (Å²) in [5, 5.41) is 0. The van der Waals surface area contributed by atoms with Crippen molar-refractivity contribution >= 4 is 5.82 Å². The minimum Gasteiger partial charge on any atom is -0.350 e. The first-order chi connectivity index (χ1) is 10.1. The van der Waals surface area contributed by atoms with Gasteiger partial charge in [0.05, 0.1) is 0 Å². The molecule has 0 atom stereocenters. The van der Waals surface area contributed by atoms with Gasteiger partial charge in [-0.05, 0) is 43.5 Å². The van der Waals surface area contributed by atoms with Crippen LogP contribution in [-0.4, -0.2) is 11.0 Å². The number of benzene rings is 1. The van der Waals surface area contributed by atoms with Crippen LogP contribution in [0.5, 0.6) is 0 Å². The Morgan fingerprint density at radius 1 is 1.10 bits per heavy atom. The monoisotopic (exact) mass is 283 g/mol. The lowest BCUT2D eigenvalue weighted by atomic mass is 10.1. The molecule has 0 aliphatic heterocycles. The Morgan fingerprint density at radius 3 is 2.38 bits per heavy atom. The summed E-state index contributed by atoms with van der Waals surface area (Å²) in [7, 11) is 0. The van der Waals surface area contributed by atoms with E-state index < -0.39 is 0 Å². The minimum absolute atomic E-state index is 0.385. The van der Waals surface area contributed by atoms with E-state index in [1.54, 1.807) is 0 Å². The number of hydrogen-bond donors (Lipinski definition) is 1. The molecule has 0 spiro atoms. The van der Waals surface area contributed by atoms with Gasteiger partial charge in [-0.3, -0.25) is 0 Å². The number of nitrogens with zero attached hydrogens (tertiary/aromatic N) is 2. The number of anilines is 1. The van der Waals surface area contributed by atoms with Gasteiger partial charge in [0.1, 0.15) is 5.82 Å². The van der Waals surface area contributed by atoms with Crippen LogP contribution in [0.25, 0.3) is 0 Å². The first-order valence-electron chi connectivity index (χ1n) is 7.64. The second-order valence-electron chi connectivity index (χ2n) is 5.59. The Kier molecular flexibility index (Phi) is 5.34. The maximum atomic E-state index is 5.82. The van der Waals surface area contributed by atoms with Crippen LogP contribution < -0.4 is 10.6 Å². The van der Waals surface area contributed by atoms with Crippen molar-refractivity contribution in [3.05, 3.63) is 59.3 Å². The van der Waals surface area contributed by atoms with E-state index in [9.17, 15) is 0 Å². The fraction of sp³-hybridized carbons (Fsp3) is 0.389. The molecule has 0 saturated carbocycles. The summed E-state index contributed by atoms with van der Waals surface area (Å²) in [5.74, 6) is 1.02. The molecule has 0 amide bonds. The Balaban J connectivity index is 2.33. The summed E-state index contributed by atoms with van der Waals surface area (Å²) in [6.07, 6.45) is 0.929. The lowest BCUT2D eigenvalue weighted by Crippen LogP contribution is -2.31. The third kappa shape index (κ3) is 4.05. The van der Waals surface area contributed by atoms with Crippen LogP contribution >= 0.6 is 0 Å². The molecular weight excluding hydrogens is 258 g/mol. The van der Waals surface area contributed by atoms with Crippen molar-refractivity contribution in [1.29, 1.82) is 0 Å². The molecule has 0 unspecified atom stereocenters. The highest BCUT2D eigenvalue weighted by Crippen LogP contribution is 2.20. The third-order valence-electron chi connectivity index (χ3n) is 3.64. The quantitative estimate of drug-likeness (QED) is 0.882. The van der Waals surface area contributed by atoms with Crippen molar-refractivity contribution in [2.45, 2.75) is 46.3 Å². The van der Waals surface area contributed by atoms with E-state index in [1.165, 1.54) is 5.56 Å². The van der Waals surface area contributed by atoms with Crippen LogP contribution in [0.4, 0.5) is 5.82 Å². The summed E-state index contributed by atoms with van der Waals surface area (Å²) >= 11 is 0. The molecule has 0 saturated heterocycles. The summed E-state index contributed by atoms with van der Waals surface area (Å²) in [6.45, 7) is 7.95. The third-order valence-corrected chi connectivity index (χ3v) is 3.64. The van der Waals surface area contributed by atoms with Gasteiger partial charge in [0.2, 0.25) is 0 Å². The fourth-order valence-corrected chi connectivity index (χ4v) is 2.39. The van der Waals surface area contributed by atoms with Gasteiger partial charge in [0.25, 0.3) is 0 Å². The first-order valence-corrected chi connectivity index (χ1v) is 7.64. The van der Waals surface area contributed by atoms with E-state index in [1.807, 2.05) is 6.07 Å². The molecular formula is C18H25N3. The van der Waals surface area contributed by atoms with Crippen molar-refractivity contribution in [3.8, 4) is 0 Å². The second-order valence-corrected chi connectivity index (χ2v) is 5.59. The van der Waals surface area contributed by atoms with Gasteiger partial charge in [-0.2, -0.15) is 0 Å². The first kappa shape index (κ1) is 15.5. The Morgan fingerprint density at radius 2 is 1.81 bits per heavy atom. The number of hydrogen-bond acceptors (Lipinski definition) is 3. The standard InChI is InChI=1S/C18H25N3/c1-4-17-10-16(12-19)11-18(20-17)21(14(2)3)13-15-8-6-5-7-9-15/h5-11,14H,4,12-13,19H2,1-3H3. The number of rotatable bonds is 6. The molecule has 0 fully saturated rings. The fourth-order valence-electron chi connectivity index (χ4n) is 2.39. The topological polar surface area (TPSA) is 42.1 Å². The molecule has 3 heteroatoms. The molecule has 21 heavy (non-hydrogen) atoms. The number of nitrogens with two attached hydrogens (primary N) is 1. The van der Waals surface area contributed by atoms with Gasteiger partial charge in [-0.25, -0.2) is 4.98 Å². The summed E-state index contributed by atoms with van der Waals surface area (Å²) in [6, 6.07) is 15.1. The predicted octanol–water partition coefficient (Wildman–Crippen LogP) is 3.52. The van der Waals surface area contributed by atoms with Crippen molar-refractivity contribution in [2.75, 3.05) is 4.90 Å². The highest BCUT2D eigenvalue weighted by Gasteiger charge is 2.14. The molecule has 1 aromatic carbocycles. The molecule has 0 aliphatic carbocycles. The minimum atomic E-state index is 0.385. The Labute approximate surface area is 127 Å². The summed E-state index contributed by atoms with van der Waals surface area (Å²) in [4.78, 5) is 7.12. The number of pyridine rings is 1. The van der Waals surface area contributed by atoms with Crippen LogP contribution in [0.1, 0.15) is 37.6 Å². The van der Waals surface area contributed by atoms with Crippen molar-refractivity contribution in [1.82, 2.24) is 4.98 Å². The highest BCUT2D eigenvalue weighted by molar-refractivity contribution is 5.44. The zero-order valence-corrected chi connectivity index (χ0v) is 13.2. The van der Waals surface area contributed by atoms with Gasteiger partial charge >= 0.3 is 0 Å². The largest absolute Gasteiger partial charge is 0.350 e. The Hall–Kier alpha value is -1.87. The molecule has 3 nitrogen and oxygen atoms in total. The molecule has 2 N–H and O–H groups in total. The maximum Gasteiger partial charge on any atom is 0.129 e. The lowest BCUT2D eigenvalue weighted by Gasteiger charge is -2.29. The van der Waals surface area contributed by atoms with E-state index in [4.69, 9.17) is 10.7 Å². The molecule has 0 radical (unpaired) electrons. The van der Waals surface area contributed by atoms with Crippen LogP contribution in [0, 0.1) is 0 Å². The van der Waals surface area contributed by atoms with Crippen LogP contribution in [0.2, 0.25) is 0 Å². The predicted molar refractivity (Wildman–Crippen MR) is 89.3 cm³/mol. The van der Waals surface area contributed by atoms with Crippen molar-refractivity contribution in [3.63, 3.8) is 0 Å². The molecule has 2 aromatic rings. The molecule has 112 valence electrons. The van der Waals surface area contributed by atoms with Crippen molar-refractivity contribution in [2.24, 2.45) is 5.73 Å². The summed E-state index contributed by atoms with van der Waals surface area (Å²) < 4.78 is 0. The van der Waals surface area contributed by atoms with Gasteiger partial charge in [-0.15, -0.1) is 0 Å². The smallest absolute Gasteiger partial charge is 0.129 e. The van der Waals surface area contributed by atoms with Crippen molar-refractivity contribution < 1.29 is 0 Å². The van der Waals surface area contributed by atoms with E-state index in [2.05, 4.69) is 62.1 Å². The van der Waals surface area contributed by atoms with E-state index in [-0.39, 0.29) is 0 Å². The number of aromatic nitrogens is 1. The Bertz CT molecular complexity index is 542. The number of aryl methyl sites for hydroxylation is 1. The van der Waals surface area contributed by atoms with Crippen LogP contribution in [0.15, 0.2) is 42.5 Å². The molecule has 1 heterocycles. The van der Waals surface area contributed by atoms with Crippen LogP contribution in [0.3, 0.4) is 0 Å².